The van der Waals surface area contributed by atoms with Gasteiger partial charge in [0.25, 0.3) is 0 Å². The van der Waals surface area contributed by atoms with Crippen LogP contribution in [0.2, 0.25) is 0 Å². The molecule has 0 rings (SSSR count). The molecule has 0 radical (unpaired) electrons. The van der Waals surface area contributed by atoms with Crippen molar-refractivity contribution in [1.82, 2.24) is 0 Å². The van der Waals surface area contributed by atoms with Crippen LogP contribution >= 0.6 is 0 Å². The van der Waals surface area contributed by atoms with Gasteiger partial charge in [-0.25, -0.2) is 0 Å². The van der Waals surface area contributed by atoms with Gasteiger partial charge in [0.1, 0.15) is 6.61 Å². The lowest BCUT2D eigenvalue weighted by atomic mass is 10.0. The highest BCUT2D eigenvalue weighted by molar-refractivity contribution is 5.70. The van der Waals surface area contributed by atoms with Gasteiger partial charge in [0.15, 0.2) is 6.10 Å². The second-order valence-electron chi connectivity index (χ2n) is 19.5. The van der Waals surface area contributed by atoms with Gasteiger partial charge in [0.2, 0.25) is 0 Å². The van der Waals surface area contributed by atoms with E-state index in [2.05, 4.69) is 69.4 Å². The summed E-state index contributed by atoms with van der Waals surface area (Å²) in [6, 6.07) is 0. The third kappa shape index (κ3) is 54.5. The summed E-state index contributed by atoms with van der Waals surface area (Å²) >= 11 is 0. The van der Waals surface area contributed by atoms with Crippen LogP contribution in [-0.4, -0.2) is 37.9 Å². The van der Waals surface area contributed by atoms with E-state index in [0.29, 0.717) is 19.4 Å². The smallest absolute Gasteiger partial charge is 0.306 e. The summed E-state index contributed by atoms with van der Waals surface area (Å²) in [6.07, 6.45) is 71.4. The van der Waals surface area contributed by atoms with E-state index in [1.807, 2.05) is 0 Å². The molecule has 0 saturated heterocycles. The van der Waals surface area contributed by atoms with Crippen molar-refractivity contribution < 1.29 is 23.8 Å². The molecule has 0 bridgehead atoms. The SMILES string of the molecule is CC/C=C\C/C=C\C/C=C\CCCCCC(=O)OC(COCCCCCCCCCCCCCCCCCCCC)COC(=O)CCCCCCCCCCC/C=C\CCCCCCCC. The molecule has 0 heterocycles. The average molecular weight is 926 g/mol. The Hall–Kier alpha value is -2.14. The predicted octanol–water partition coefficient (Wildman–Crippen LogP) is 19.9. The molecule has 0 aromatic carbocycles. The van der Waals surface area contributed by atoms with E-state index in [1.165, 1.54) is 199 Å². The van der Waals surface area contributed by atoms with Crippen molar-refractivity contribution in [3.05, 3.63) is 48.6 Å². The van der Waals surface area contributed by atoms with Gasteiger partial charge in [0, 0.05) is 19.4 Å². The number of unbranched alkanes of at least 4 members (excludes halogenated alkanes) is 35. The Morgan fingerprint density at radius 3 is 1.12 bits per heavy atom. The highest BCUT2D eigenvalue weighted by Crippen LogP contribution is 2.16. The quantitative estimate of drug-likeness (QED) is 0.0345. The van der Waals surface area contributed by atoms with Gasteiger partial charge in [-0.1, -0.05) is 262 Å². The minimum Gasteiger partial charge on any atom is -0.462 e. The van der Waals surface area contributed by atoms with Gasteiger partial charge in [0.05, 0.1) is 6.61 Å². The number of carbonyl (C=O) groups is 2. The molecule has 5 nitrogen and oxygen atoms in total. The second kappa shape index (κ2) is 57.2. The van der Waals surface area contributed by atoms with Crippen LogP contribution in [0.15, 0.2) is 48.6 Å². The van der Waals surface area contributed by atoms with Gasteiger partial charge >= 0.3 is 11.9 Å². The lowest BCUT2D eigenvalue weighted by molar-refractivity contribution is -0.163. The Morgan fingerprint density at radius 1 is 0.348 bits per heavy atom. The Kier molecular flexibility index (Phi) is 55.3. The Balaban J connectivity index is 4.22. The average Bonchev–Trinajstić information content (AvgIpc) is 3.32. The standard InChI is InChI=1S/C61H112O5/c1-4-7-10-13-16-19-22-25-27-29-31-32-34-37-39-42-45-48-51-54-60(62)65-58-59(66-61(63)55-52-49-46-43-40-36-24-21-18-15-12-9-6-3)57-64-56-53-50-47-44-41-38-35-33-30-28-26-23-20-17-14-11-8-5-2/h9,12,18,21,25,27,36,40,59H,4-8,10-11,13-17,19-20,22-24,26,28-35,37-39,41-58H2,1-3H3/b12-9-,21-18-,27-25-,40-36-. The highest BCUT2D eigenvalue weighted by atomic mass is 16.6. The fraction of sp³-hybridized carbons (Fsp3) is 0.836. The molecule has 0 aliphatic rings. The number of hydrogen-bond acceptors (Lipinski definition) is 5. The van der Waals surface area contributed by atoms with E-state index >= 15 is 0 Å². The van der Waals surface area contributed by atoms with E-state index in [1.54, 1.807) is 0 Å². The summed E-state index contributed by atoms with van der Waals surface area (Å²) in [5.41, 5.74) is 0. The van der Waals surface area contributed by atoms with Gasteiger partial charge in [-0.15, -0.1) is 0 Å². The van der Waals surface area contributed by atoms with E-state index in [0.717, 1.165) is 70.6 Å². The molecular weight excluding hydrogens is 813 g/mol. The molecule has 0 aromatic rings. The van der Waals surface area contributed by atoms with Crippen molar-refractivity contribution in [2.45, 2.75) is 309 Å². The van der Waals surface area contributed by atoms with Gasteiger partial charge in [-0.05, 0) is 77.0 Å². The molecule has 0 aliphatic heterocycles. The minimum absolute atomic E-state index is 0.0761. The molecule has 0 fully saturated rings. The van der Waals surface area contributed by atoms with E-state index in [-0.39, 0.29) is 25.2 Å². The minimum atomic E-state index is -0.549. The van der Waals surface area contributed by atoms with Crippen LogP contribution in [0, 0.1) is 0 Å². The summed E-state index contributed by atoms with van der Waals surface area (Å²) in [5, 5.41) is 0. The number of carbonyl (C=O) groups excluding carboxylic acids is 2. The zero-order valence-corrected chi connectivity index (χ0v) is 44.5. The highest BCUT2D eigenvalue weighted by Gasteiger charge is 2.17. The molecule has 0 N–H and O–H groups in total. The van der Waals surface area contributed by atoms with E-state index in [9.17, 15) is 9.59 Å². The van der Waals surface area contributed by atoms with Crippen LogP contribution in [0.3, 0.4) is 0 Å². The number of hydrogen-bond donors (Lipinski definition) is 0. The van der Waals surface area contributed by atoms with Crippen LogP contribution < -0.4 is 0 Å². The molecule has 5 heteroatoms. The van der Waals surface area contributed by atoms with E-state index < -0.39 is 6.10 Å². The van der Waals surface area contributed by atoms with Crippen LogP contribution in [0.4, 0.5) is 0 Å². The van der Waals surface area contributed by atoms with Crippen LogP contribution in [0.1, 0.15) is 303 Å². The fourth-order valence-corrected chi connectivity index (χ4v) is 8.52. The second-order valence-corrected chi connectivity index (χ2v) is 19.5. The van der Waals surface area contributed by atoms with Gasteiger partial charge in [-0.3, -0.25) is 9.59 Å². The number of ether oxygens (including phenoxy) is 3. The number of allylic oxidation sites excluding steroid dienone is 8. The largest absolute Gasteiger partial charge is 0.462 e. The van der Waals surface area contributed by atoms with Gasteiger partial charge < -0.3 is 14.2 Å². The zero-order valence-electron chi connectivity index (χ0n) is 44.5. The Labute approximate surface area is 412 Å². The van der Waals surface area contributed by atoms with E-state index in [4.69, 9.17) is 14.2 Å². The molecule has 0 saturated carbocycles. The van der Waals surface area contributed by atoms with Crippen molar-refractivity contribution in [1.29, 1.82) is 0 Å². The number of rotatable bonds is 54. The topological polar surface area (TPSA) is 61.8 Å². The molecule has 1 atom stereocenters. The lowest BCUT2D eigenvalue weighted by Crippen LogP contribution is -2.30. The van der Waals surface area contributed by atoms with Gasteiger partial charge in [-0.2, -0.15) is 0 Å². The Morgan fingerprint density at radius 2 is 0.682 bits per heavy atom. The third-order valence-electron chi connectivity index (χ3n) is 12.8. The first-order valence-electron chi connectivity index (χ1n) is 29.2. The van der Waals surface area contributed by atoms with Crippen molar-refractivity contribution in [3.8, 4) is 0 Å². The first kappa shape index (κ1) is 63.9. The maximum absolute atomic E-state index is 12.8. The van der Waals surface area contributed by atoms with Crippen molar-refractivity contribution >= 4 is 11.9 Å². The molecule has 386 valence electrons. The normalized spacial score (nSPS) is 12.5. The summed E-state index contributed by atoms with van der Waals surface area (Å²) in [4.78, 5) is 25.5. The van der Waals surface area contributed by atoms with Crippen LogP contribution in [0.25, 0.3) is 0 Å². The van der Waals surface area contributed by atoms with Crippen LogP contribution in [-0.2, 0) is 23.8 Å². The monoisotopic (exact) mass is 925 g/mol. The first-order chi connectivity index (χ1) is 32.6. The molecule has 0 amide bonds. The fourth-order valence-electron chi connectivity index (χ4n) is 8.52. The predicted molar refractivity (Wildman–Crippen MR) is 288 cm³/mol. The van der Waals surface area contributed by atoms with Crippen molar-refractivity contribution in [3.63, 3.8) is 0 Å². The van der Waals surface area contributed by atoms with Crippen molar-refractivity contribution in [2.75, 3.05) is 19.8 Å². The maximum Gasteiger partial charge on any atom is 0.306 e. The Bertz CT molecular complexity index is 1090. The summed E-state index contributed by atoms with van der Waals surface area (Å²) in [7, 11) is 0. The summed E-state index contributed by atoms with van der Waals surface area (Å²) in [5.74, 6) is -0.418. The lowest BCUT2D eigenvalue weighted by Gasteiger charge is -2.18. The molecular formula is C61H112O5. The van der Waals surface area contributed by atoms with Crippen molar-refractivity contribution in [2.24, 2.45) is 0 Å². The molecule has 0 aliphatic carbocycles. The molecule has 66 heavy (non-hydrogen) atoms. The molecule has 1 unspecified atom stereocenters. The maximum atomic E-state index is 12.8. The number of esters is 2. The third-order valence-corrected chi connectivity index (χ3v) is 12.8. The van der Waals surface area contributed by atoms with Crippen LogP contribution in [0.5, 0.6) is 0 Å². The molecule has 0 aromatic heterocycles. The zero-order chi connectivity index (χ0) is 47.7. The summed E-state index contributed by atoms with van der Waals surface area (Å²) < 4.78 is 17.5. The molecule has 0 spiro atoms. The first-order valence-corrected chi connectivity index (χ1v) is 29.2. The summed E-state index contributed by atoms with van der Waals surface area (Å²) in [6.45, 7) is 7.73.